The highest BCUT2D eigenvalue weighted by Crippen LogP contribution is 2.16. The molecule has 8 heteroatoms. The quantitative estimate of drug-likeness (QED) is 0.612. The number of rotatable bonds is 7. The van der Waals surface area contributed by atoms with Crippen LogP contribution in [-0.4, -0.2) is 36.1 Å². The molecule has 0 aliphatic rings. The molecule has 0 radical (unpaired) electrons. The zero-order valence-electron chi connectivity index (χ0n) is 12.5. The maximum absolute atomic E-state index is 11.7. The smallest absolute Gasteiger partial charge is 0.325 e. The fourth-order valence-electron chi connectivity index (χ4n) is 1.88. The molecule has 3 N–H and O–H groups in total. The van der Waals surface area contributed by atoms with E-state index in [0.29, 0.717) is 18.9 Å². The number of methoxy groups -OCH3 is 1. The molecule has 122 valence electrons. The van der Waals surface area contributed by atoms with Gasteiger partial charge in [0.2, 0.25) is 5.91 Å². The van der Waals surface area contributed by atoms with E-state index in [1.54, 1.807) is 31.4 Å². The van der Waals surface area contributed by atoms with Gasteiger partial charge in [0.25, 0.3) is 5.56 Å². The molecule has 1 aromatic carbocycles. The fraction of sp³-hybridized carbons (Fsp3) is 0.267. The minimum atomic E-state index is -0.636. The van der Waals surface area contributed by atoms with Crippen LogP contribution in [0.4, 0.5) is 0 Å². The van der Waals surface area contributed by atoms with Crippen molar-refractivity contribution in [2.24, 2.45) is 0 Å². The van der Waals surface area contributed by atoms with Crippen molar-refractivity contribution in [3.8, 4) is 11.5 Å². The van der Waals surface area contributed by atoms with Crippen LogP contribution in [0.5, 0.6) is 11.5 Å². The molecule has 0 spiro atoms. The van der Waals surface area contributed by atoms with E-state index in [1.807, 2.05) is 4.98 Å². The molecule has 0 saturated carbocycles. The molecule has 1 heterocycles. The van der Waals surface area contributed by atoms with Crippen molar-refractivity contribution >= 4 is 5.91 Å². The molecule has 0 aliphatic carbocycles. The lowest BCUT2D eigenvalue weighted by molar-refractivity contribution is -0.120. The van der Waals surface area contributed by atoms with Crippen molar-refractivity contribution in [3.63, 3.8) is 0 Å². The van der Waals surface area contributed by atoms with E-state index in [4.69, 9.17) is 9.47 Å². The van der Waals surface area contributed by atoms with Crippen LogP contribution in [0.1, 0.15) is 5.69 Å². The van der Waals surface area contributed by atoms with Crippen molar-refractivity contribution in [3.05, 3.63) is 56.9 Å². The Labute approximate surface area is 131 Å². The zero-order valence-corrected chi connectivity index (χ0v) is 12.5. The molecule has 0 atom stereocenters. The molecule has 23 heavy (non-hydrogen) atoms. The number of ether oxygens (including phenoxy) is 2. The van der Waals surface area contributed by atoms with E-state index < -0.39 is 11.2 Å². The predicted molar refractivity (Wildman–Crippen MR) is 82.9 cm³/mol. The summed E-state index contributed by atoms with van der Waals surface area (Å²) in [6.45, 7) is 0.599. The SMILES string of the molecule is COc1ccc(OCCNC(=O)Cc2cc(=O)[nH]c(=O)[nH]2)cc1. The lowest BCUT2D eigenvalue weighted by Crippen LogP contribution is -2.31. The van der Waals surface area contributed by atoms with Crippen molar-refractivity contribution in [1.82, 2.24) is 15.3 Å². The largest absolute Gasteiger partial charge is 0.497 e. The first-order valence-corrected chi connectivity index (χ1v) is 6.93. The van der Waals surface area contributed by atoms with Crippen molar-refractivity contribution in [1.29, 1.82) is 0 Å². The van der Waals surface area contributed by atoms with Gasteiger partial charge >= 0.3 is 5.69 Å². The highest BCUT2D eigenvalue weighted by molar-refractivity contribution is 5.77. The van der Waals surface area contributed by atoms with Gasteiger partial charge in [-0.1, -0.05) is 0 Å². The average molecular weight is 319 g/mol. The summed E-state index contributed by atoms with van der Waals surface area (Å²) in [6, 6.07) is 8.26. The molecule has 0 bridgehead atoms. The van der Waals surface area contributed by atoms with Crippen LogP contribution in [0.3, 0.4) is 0 Å². The number of hydrogen-bond acceptors (Lipinski definition) is 5. The normalized spacial score (nSPS) is 10.1. The Morgan fingerprint density at radius 1 is 1.13 bits per heavy atom. The fourth-order valence-corrected chi connectivity index (χ4v) is 1.88. The first kappa shape index (κ1) is 16.3. The molecule has 2 rings (SSSR count). The van der Waals surface area contributed by atoms with Crippen LogP contribution in [-0.2, 0) is 11.2 Å². The molecule has 0 saturated heterocycles. The summed E-state index contributed by atoms with van der Waals surface area (Å²) in [7, 11) is 1.58. The van der Waals surface area contributed by atoms with Gasteiger partial charge in [0.15, 0.2) is 0 Å². The predicted octanol–water partition coefficient (Wildman–Crippen LogP) is -0.190. The summed E-state index contributed by atoms with van der Waals surface area (Å²) >= 11 is 0. The number of aromatic nitrogens is 2. The highest BCUT2D eigenvalue weighted by atomic mass is 16.5. The van der Waals surface area contributed by atoms with Gasteiger partial charge in [-0.25, -0.2) is 4.79 Å². The van der Waals surface area contributed by atoms with Gasteiger partial charge in [-0.2, -0.15) is 0 Å². The second kappa shape index (κ2) is 7.83. The molecule has 0 aliphatic heterocycles. The third-order valence-corrected chi connectivity index (χ3v) is 2.92. The Balaban J connectivity index is 1.74. The van der Waals surface area contributed by atoms with Crippen LogP contribution in [0.15, 0.2) is 39.9 Å². The van der Waals surface area contributed by atoms with E-state index >= 15 is 0 Å². The van der Waals surface area contributed by atoms with Crippen LogP contribution in [0, 0.1) is 0 Å². The van der Waals surface area contributed by atoms with Gasteiger partial charge in [-0.15, -0.1) is 0 Å². The molecule has 0 fully saturated rings. The number of nitrogens with one attached hydrogen (secondary N) is 3. The minimum absolute atomic E-state index is 0.0817. The summed E-state index contributed by atoms with van der Waals surface area (Å²) in [5.74, 6) is 1.08. The van der Waals surface area contributed by atoms with Gasteiger partial charge in [0.1, 0.15) is 18.1 Å². The van der Waals surface area contributed by atoms with Crippen LogP contribution < -0.4 is 26.0 Å². The first-order chi connectivity index (χ1) is 11.1. The zero-order chi connectivity index (χ0) is 16.7. The maximum Gasteiger partial charge on any atom is 0.325 e. The van der Waals surface area contributed by atoms with Gasteiger partial charge < -0.3 is 19.8 Å². The second-order valence-electron chi connectivity index (χ2n) is 4.66. The van der Waals surface area contributed by atoms with E-state index in [2.05, 4.69) is 10.3 Å². The van der Waals surface area contributed by atoms with Gasteiger partial charge in [-0.3, -0.25) is 14.6 Å². The average Bonchev–Trinajstić information content (AvgIpc) is 2.51. The summed E-state index contributed by atoms with van der Waals surface area (Å²) in [6.07, 6.45) is -0.0817. The van der Waals surface area contributed by atoms with Crippen molar-refractivity contribution < 1.29 is 14.3 Å². The number of amides is 1. The second-order valence-corrected chi connectivity index (χ2v) is 4.66. The standard InChI is InChI=1S/C15H17N3O5/c1-22-11-2-4-12(5-3-11)23-7-6-16-13(19)8-10-9-14(20)18-15(21)17-10/h2-5,9H,6-8H2,1H3,(H,16,19)(H2,17,18,20,21). The number of hydrogen-bond donors (Lipinski definition) is 3. The van der Waals surface area contributed by atoms with Crippen LogP contribution in [0.2, 0.25) is 0 Å². The topological polar surface area (TPSA) is 113 Å². The van der Waals surface area contributed by atoms with E-state index in [-0.39, 0.29) is 18.0 Å². The first-order valence-electron chi connectivity index (χ1n) is 6.93. The Morgan fingerprint density at radius 3 is 2.48 bits per heavy atom. The van der Waals surface area contributed by atoms with Gasteiger partial charge in [0.05, 0.1) is 20.1 Å². The number of H-pyrrole nitrogens is 2. The molecule has 1 aromatic heterocycles. The summed E-state index contributed by atoms with van der Waals surface area (Å²) < 4.78 is 10.5. The van der Waals surface area contributed by atoms with Crippen LogP contribution >= 0.6 is 0 Å². The molecule has 2 aromatic rings. The molecule has 1 amide bonds. The maximum atomic E-state index is 11.7. The van der Waals surface area contributed by atoms with Crippen LogP contribution in [0.25, 0.3) is 0 Å². The lowest BCUT2D eigenvalue weighted by Gasteiger charge is -2.08. The third-order valence-electron chi connectivity index (χ3n) is 2.92. The Morgan fingerprint density at radius 2 is 1.83 bits per heavy atom. The summed E-state index contributed by atoms with van der Waals surface area (Å²) in [4.78, 5) is 38.3. The summed E-state index contributed by atoms with van der Waals surface area (Å²) in [5, 5.41) is 2.64. The Kier molecular flexibility index (Phi) is 5.56. The number of aromatic amines is 2. The summed E-state index contributed by atoms with van der Waals surface area (Å²) in [5.41, 5.74) is -0.921. The van der Waals surface area contributed by atoms with E-state index in [1.165, 1.54) is 6.07 Å². The minimum Gasteiger partial charge on any atom is -0.497 e. The molecular weight excluding hydrogens is 302 g/mol. The molecular formula is C15H17N3O5. The third kappa shape index (κ3) is 5.34. The monoisotopic (exact) mass is 319 g/mol. The highest BCUT2D eigenvalue weighted by Gasteiger charge is 2.05. The lowest BCUT2D eigenvalue weighted by atomic mass is 10.3. The number of carbonyl (C=O) groups excluding carboxylic acids is 1. The van der Waals surface area contributed by atoms with Crippen molar-refractivity contribution in [2.45, 2.75) is 6.42 Å². The number of benzene rings is 1. The van der Waals surface area contributed by atoms with Gasteiger partial charge in [-0.05, 0) is 24.3 Å². The Bertz CT molecular complexity index is 735. The van der Waals surface area contributed by atoms with E-state index in [0.717, 1.165) is 5.75 Å². The van der Waals surface area contributed by atoms with E-state index in [9.17, 15) is 14.4 Å². The van der Waals surface area contributed by atoms with Gasteiger partial charge in [0, 0.05) is 11.8 Å². The van der Waals surface area contributed by atoms with Crippen molar-refractivity contribution in [2.75, 3.05) is 20.3 Å². The molecule has 0 unspecified atom stereocenters. The molecule has 8 nitrogen and oxygen atoms in total. The Hall–Kier alpha value is -3.03. The number of carbonyl (C=O) groups is 1.